The quantitative estimate of drug-likeness (QED) is 0.750. The molecule has 4 heteroatoms. The first-order valence-electron chi connectivity index (χ1n) is 7.09. The summed E-state index contributed by atoms with van der Waals surface area (Å²) in [6.45, 7) is 5.29. The van der Waals surface area contributed by atoms with E-state index in [2.05, 4.69) is 24.1 Å². The zero-order valence-corrected chi connectivity index (χ0v) is 12.3. The molecular formula is C14H29N3O. The van der Waals surface area contributed by atoms with Gasteiger partial charge >= 0.3 is 0 Å². The van der Waals surface area contributed by atoms with Gasteiger partial charge in [-0.1, -0.05) is 13.8 Å². The zero-order valence-electron chi connectivity index (χ0n) is 12.3. The Morgan fingerprint density at radius 3 is 2.50 bits per heavy atom. The smallest absolute Gasteiger partial charge is 0.223 e. The highest BCUT2D eigenvalue weighted by Gasteiger charge is 2.29. The summed E-state index contributed by atoms with van der Waals surface area (Å²) >= 11 is 0. The first-order valence-corrected chi connectivity index (χ1v) is 7.09. The van der Waals surface area contributed by atoms with Crippen LogP contribution in [-0.4, -0.2) is 43.5 Å². The summed E-state index contributed by atoms with van der Waals surface area (Å²) in [4.78, 5) is 14.3. The van der Waals surface area contributed by atoms with Gasteiger partial charge in [-0.2, -0.15) is 0 Å². The van der Waals surface area contributed by atoms with Gasteiger partial charge in [0.1, 0.15) is 0 Å². The van der Waals surface area contributed by atoms with Crippen LogP contribution in [0.2, 0.25) is 0 Å². The highest BCUT2D eigenvalue weighted by molar-refractivity contribution is 5.79. The lowest BCUT2D eigenvalue weighted by Crippen LogP contribution is -2.44. The summed E-state index contributed by atoms with van der Waals surface area (Å²) < 4.78 is 0. The molecule has 1 rings (SSSR count). The first kappa shape index (κ1) is 15.4. The lowest BCUT2D eigenvalue weighted by molar-refractivity contribution is -0.125. The average Bonchev–Trinajstić information content (AvgIpc) is 2.62. The lowest BCUT2D eigenvalue weighted by atomic mass is 10.0. The maximum absolute atomic E-state index is 12.2. The molecule has 1 aliphatic rings. The molecule has 0 aliphatic heterocycles. The summed E-state index contributed by atoms with van der Waals surface area (Å²) in [6.07, 6.45) is 3.81. The molecule has 1 fully saturated rings. The molecule has 0 spiro atoms. The van der Waals surface area contributed by atoms with Crippen LogP contribution in [0.4, 0.5) is 0 Å². The molecular weight excluding hydrogens is 226 g/mol. The number of carbonyl (C=O) groups excluding carboxylic acids is 1. The van der Waals surface area contributed by atoms with Gasteiger partial charge in [0.05, 0.1) is 0 Å². The van der Waals surface area contributed by atoms with Crippen LogP contribution in [0, 0.1) is 11.8 Å². The van der Waals surface area contributed by atoms with Gasteiger partial charge in [-0.05, 0) is 45.7 Å². The molecule has 0 saturated heterocycles. The second-order valence-corrected chi connectivity index (χ2v) is 6.37. The van der Waals surface area contributed by atoms with Crippen molar-refractivity contribution in [1.29, 1.82) is 0 Å². The van der Waals surface area contributed by atoms with Gasteiger partial charge in [0.15, 0.2) is 0 Å². The van der Waals surface area contributed by atoms with Gasteiger partial charge in [-0.25, -0.2) is 0 Å². The van der Waals surface area contributed by atoms with Crippen molar-refractivity contribution >= 4 is 5.91 Å². The van der Waals surface area contributed by atoms with E-state index >= 15 is 0 Å². The SMILES string of the molecule is CC(C)CC(CN(C)C)NC(=O)C1CCC(N)C1. The molecule has 0 bridgehead atoms. The fourth-order valence-corrected chi connectivity index (χ4v) is 2.76. The van der Waals surface area contributed by atoms with Crippen LogP contribution in [0.5, 0.6) is 0 Å². The number of carbonyl (C=O) groups is 1. The van der Waals surface area contributed by atoms with E-state index in [9.17, 15) is 4.79 Å². The number of hydrogen-bond donors (Lipinski definition) is 2. The third kappa shape index (κ3) is 5.36. The largest absolute Gasteiger partial charge is 0.352 e. The van der Waals surface area contributed by atoms with Crippen molar-refractivity contribution in [2.24, 2.45) is 17.6 Å². The maximum Gasteiger partial charge on any atom is 0.223 e. The number of nitrogens with two attached hydrogens (primary N) is 1. The van der Waals surface area contributed by atoms with E-state index in [-0.39, 0.29) is 23.9 Å². The second kappa shape index (κ2) is 7.10. The van der Waals surface area contributed by atoms with E-state index in [0.29, 0.717) is 5.92 Å². The van der Waals surface area contributed by atoms with Crippen molar-refractivity contribution in [3.05, 3.63) is 0 Å². The van der Waals surface area contributed by atoms with Gasteiger partial charge in [0, 0.05) is 24.5 Å². The molecule has 3 atom stereocenters. The van der Waals surface area contributed by atoms with Crippen molar-refractivity contribution in [2.75, 3.05) is 20.6 Å². The molecule has 4 nitrogen and oxygen atoms in total. The Bertz CT molecular complexity index is 256. The summed E-state index contributed by atoms with van der Waals surface area (Å²) in [5, 5.41) is 3.21. The number of likely N-dealkylation sites (N-methyl/N-ethyl adjacent to an activating group) is 1. The van der Waals surface area contributed by atoms with Crippen LogP contribution in [0.3, 0.4) is 0 Å². The Kier molecular flexibility index (Phi) is 6.09. The molecule has 0 heterocycles. The van der Waals surface area contributed by atoms with Crippen LogP contribution in [-0.2, 0) is 4.79 Å². The Hall–Kier alpha value is -0.610. The molecule has 1 saturated carbocycles. The minimum atomic E-state index is 0.136. The summed E-state index contributed by atoms with van der Waals surface area (Å²) in [5.41, 5.74) is 5.87. The van der Waals surface area contributed by atoms with Gasteiger partial charge < -0.3 is 16.0 Å². The predicted molar refractivity (Wildman–Crippen MR) is 75.3 cm³/mol. The van der Waals surface area contributed by atoms with Crippen molar-refractivity contribution in [2.45, 2.75) is 51.6 Å². The van der Waals surface area contributed by atoms with E-state index in [0.717, 1.165) is 32.2 Å². The monoisotopic (exact) mass is 255 g/mol. The molecule has 0 radical (unpaired) electrons. The van der Waals surface area contributed by atoms with E-state index < -0.39 is 0 Å². The summed E-state index contributed by atoms with van der Waals surface area (Å²) in [7, 11) is 4.09. The molecule has 0 aromatic rings. The number of nitrogens with one attached hydrogen (secondary N) is 1. The van der Waals surface area contributed by atoms with Crippen molar-refractivity contribution in [3.8, 4) is 0 Å². The predicted octanol–water partition coefficient (Wildman–Crippen LogP) is 1.21. The fourth-order valence-electron chi connectivity index (χ4n) is 2.76. The van der Waals surface area contributed by atoms with Crippen LogP contribution >= 0.6 is 0 Å². The highest BCUT2D eigenvalue weighted by Crippen LogP contribution is 2.24. The van der Waals surface area contributed by atoms with E-state index in [1.807, 2.05) is 14.1 Å². The van der Waals surface area contributed by atoms with Gasteiger partial charge in [0.25, 0.3) is 0 Å². The number of amides is 1. The molecule has 1 amide bonds. The van der Waals surface area contributed by atoms with Crippen LogP contribution in [0.25, 0.3) is 0 Å². The van der Waals surface area contributed by atoms with Crippen molar-refractivity contribution in [3.63, 3.8) is 0 Å². The molecule has 18 heavy (non-hydrogen) atoms. The van der Waals surface area contributed by atoms with Crippen LogP contribution in [0.15, 0.2) is 0 Å². The minimum Gasteiger partial charge on any atom is -0.352 e. The Morgan fingerprint density at radius 2 is 2.06 bits per heavy atom. The van der Waals surface area contributed by atoms with E-state index in [1.165, 1.54) is 0 Å². The molecule has 3 N–H and O–H groups in total. The van der Waals surface area contributed by atoms with Crippen molar-refractivity contribution < 1.29 is 4.79 Å². The van der Waals surface area contributed by atoms with Gasteiger partial charge in [-0.15, -0.1) is 0 Å². The van der Waals surface area contributed by atoms with Crippen molar-refractivity contribution in [1.82, 2.24) is 10.2 Å². The topological polar surface area (TPSA) is 58.4 Å². The molecule has 0 aromatic heterocycles. The summed E-state index contributed by atoms with van der Waals surface area (Å²) in [5.74, 6) is 0.938. The Labute approximate surface area is 111 Å². The maximum atomic E-state index is 12.2. The number of hydrogen-bond acceptors (Lipinski definition) is 3. The average molecular weight is 255 g/mol. The van der Waals surface area contributed by atoms with Gasteiger partial charge in [-0.3, -0.25) is 4.79 Å². The van der Waals surface area contributed by atoms with E-state index in [1.54, 1.807) is 0 Å². The first-order chi connectivity index (χ1) is 8.38. The highest BCUT2D eigenvalue weighted by atomic mass is 16.2. The van der Waals surface area contributed by atoms with Crippen LogP contribution < -0.4 is 11.1 Å². The van der Waals surface area contributed by atoms with E-state index in [4.69, 9.17) is 5.73 Å². The molecule has 3 unspecified atom stereocenters. The molecule has 0 aromatic carbocycles. The second-order valence-electron chi connectivity index (χ2n) is 6.37. The normalized spacial score (nSPS) is 25.7. The van der Waals surface area contributed by atoms with Gasteiger partial charge in [0.2, 0.25) is 5.91 Å². The number of rotatable bonds is 6. The standard InChI is InChI=1S/C14H29N3O/c1-10(2)7-13(9-17(3)4)16-14(18)11-5-6-12(15)8-11/h10-13H,5-9,15H2,1-4H3,(H,16,18). The Morgan fingerprint density at radius 1 is 1.39 bits per heavy atom. The summed E-state index contributed by atoms with van der Waals surface area (Å²) in [6, 6.07) is 0.475. The molecule has 1 aliphatic carbocycles. The number of nitrogens with zero attached hydrogens (tertiary/aromatic N) is 1. The minimum absolute atomic E-state index is 0.136. The fraction of sp³-hybridized carbons (Fsp3) is 0.929. The Balaban J connectivity index is 2.46. The zero-order chi connectivity index (χ0) is 13.7. The third-order valence-electron chi connectivity index (χ3n) is 3.53. The van der Waals surface area contributed by atoms with Crippen LogP contribution in [0.1, 0.15) is 39.5 Å². The lowest BCUT2D eigenvalue weighted by Gasteiger charge is -2.25. The third-order valence-corrected chi connectivity index (χ3v) is 3.53. The molecule has 106 valence electrons.